The minimum absolute atomic E-state index is 0.00847. The molecule has 25 heavy (non-hydrogen) atoms. The van der Waals surface area contributed by atoms with E-state index >= 15 is 0 Å². The van der Waals surface area contributed by atoms with Crippen LogP contribution in [0.2, 0.25) is 0 Å². The predicted octanol–water partition coefficient (Wildman–Crippen LogP) is 3.45. The van der Waals surface area contributed by atoms with Gasteiger partial charge in [0.15, 0.2) is 0 Å². The van der Waals surface area contributed by atoms with Crippen molar-refractivity contribution in [3.63, 3.8) is 0 Å². The van der Waals surface area contributed by atoms with Gasteiger partial charge in [-0.2, -0.15) is 0 Å². The molecule has 3 N–H and O–H groups in total. The Balaban J connectivity index is 1.63. The molecule has 2 aromatic rings. The molecule has 1 amide bonds. The summed E-state index contributed by atoms with van der Waals surface area (Å²) < 4.78 is 12.4. The average molecular weight is 356 g/mol. The smallest absolute Gasteiger partial charge is 0.227 e. The molecule has 3 atom stereocenters. The Morgan fingerprint density at radius 1 is 1.12 bits per heavy atom. The van der Waals surface area contributed by atoms with Crippen LogP contribution in [0.5, 0.6) is 0 Å². The Hall–Kier alpha value is -1.98. The quantitative estimate of drug-likeness (QED) is 0.862. The minimum atomic E-state index is -1.09. The first-order chi connectivity index (χ1) is 12.1. The van der Waals surface area contributed by atoms with Gasteiger partial charge in [0.05, 0.1) is 16.6 Å². The van der Waals surface area contributed by atoms with E-state index < -0.39 is 10.8 Å². The highest BCUT2D eigenvalue weighted by Gasteiger charge is 2.25. The van der Waals surface area contributed by atoms with Crippen molar-refractivity contribution >= 4 is 22.4 Å². The van der Waals surface area contributed by atoms with Gasteiger partial charge in [0, 0.05) is 22.5 Å². The summed E-state index contributed by atoms with van der Waals surface area (Å²) in [6.07, 6.45) is 3.67. The summed E-state index contributed by atoms with van der Waals surface area (Å²) in [4.78, 5) is 13.3. The normalized spacial score (nSPS) is 21.5. The molecule has 2 aromatic carbocycles. The van der Waals surface area contributed by atoms with Crippen molar-refractivity contribution < 1.29 is 9.00 Å². The number of rotatable bonds is 5. The molecule has 0 saturated heterocycles. The van der Waals surface area contributed by atoms with Gasteiger partial charge in [0.2, 0.25) is 5.91 Å². The molecular weight excluding hydrogens is 332 g/mol. The third-order valence-electron chi connectivity index (χ3n) is 4.58. The van der Waals surface area contributed by atoms with Crippen LogP contribution in [0.1, 0.15) is 31.2 Å². The molecule has 132 valence electrons. The first-order valence-corrected chi connectivity index (χ1v) is 10.0. The molecule has 0 aromatic heterocycles. The van der Waals surface area contributed by atoms with E-state index in [0.29, 0.717) is 5.75 Å². The van der Waals surface area contributed by atoms with Crippen LogP contribution >= 0.6 is 0 Å². The van der Waals surface area contributed by atoms with E-state index in [1.165, 1.54) is 0 Å². The van der Waals surface area contributed by atoms with Crippen LogP contribution < -0.4 is 11.1 Å². The van der Waals surface area contributed by atoms with Crippen molar-refractivity contribution in [2.24, 2.45) is 11.7 Å². The van der Waals surface area contributed by atoms with Crippen molar-refractivity contribution in [2.75, 3.05) is 5.32 Å². The van der Waals surface area contributed by atoms with E-state index in [0.717, 1.165) is 41.8 Å². The van der Waals surface area contributed by atoms with Crippen LogP contribution in [0, 0.1) is 5.92 Å². The highest BCUT2D eigenvalue weighted by Crippen LogP contribution is 2.25. The topological polar surface area (TPSA) is 72.2 Å². The van der Waals surface area contributed by atoms with Gasteiger partial charge in [-0.1, -0.05) is 36.8 Å². The second kappa shape index (κ2) is 8.41. The molecule has 0 radical (unpaired) electrons. The van der Waals surface area contributed by atoms with E-state index in [9.17, 15) is 9.00 Å². The zero-order chi connectivity index (χ0) is 17.6. The first-order valence-electron chi connectivity index (χ1n) is 8.70. The van der Waals surface area contributed by atoms with Crippen molar-refractivity contribution in [2.45, 2.75) is 42.4 Å². The predicted molar refractivity (Wildman–Crippen MR) is 102 cm³/mol. The molecule has 3 unspecified atom stereocenters. The van der Waals surface area contributed by atoms with E-state index in [4.69, 9.17) is 5.73 Å². The van der Waals surface area contributed by atoms with Crippen LogP contribution in [-0.2, 0) is 21.3 Å². The fourth-order valence-electron chi connectivity index (χ4n) is 3.26. The van der Waals surface area contributed by atoms with Gasteiger partial charge in [-0.25, -0.2) is 0 Å². The highest BCUT2D eigenvalue weighted by atomic mass is 32.2. The minimum Gasteiger partial charge on any atom is -0.328 e. The standard InChI is InChI=1S/C20H24N2O2S/c21-17-8-5-7-16(13-17)20(23)22-18-9-4-6-15(12-18)14-25(24)19-10-2-1-3-11-19/h1-4,6,9-12,16-17H,5,7-8,13-14,21H2,(H,22,23). The van der Waals surface area contributed by atoms with Crippen LogP contribution in [-0.4, -0.2) is 16.2 Å². The summed E-state index contributed by atoms with van der Waals surface area (Å²) in [6, 6.07) is 17.2. The van der Waals surface area contributed by atoms with Crippen LogP contribution in [0.4, 0.5) is 5.69 Å². The summed E-state index contributed by atoms with van der Waals surface area (Å²) >= 11 is 0. The second-order valence-electron chi connectivity index (χ2n) is 6.62. The third-order valence-corrected chi connectivity index (χ3v) is 5.98. The van der Waals surface area contributed by atoms with Crippen molar-refractivity contribution in [3.05, 3.63) is 60.2 Å². The molecule has 0 aliphatic heterocycles. The summed E-state index contributed by atoms with van der Waals surface area (Å²) in [7, 11) is -1.09. The number of benzene rings is 2. The van der Waals surface area contributed by atoms with Crippen LogP contribution in [0.3, 0.4) is 0 Å². The maximum absolute atomic E-state index is 12.4. The molecule has 1 aliphatic carbocycles. The van der Waals surface area contributed by atoms with E-state index in [2.05, 4.69) is 5.32 Å². The third kappa shape index (κ3) is 5.00. The number of hydrogen-bond acceptors (Lipinski definition) is 3. The summed E-state index contributed by atoms with van der Waals surface area (Å²) in [5, 5.41) is 2.99. The van der Waals surface area contributed by atoms with Gasteiger partial charge in [-0.15, -0.1) is 0 Å². The van der Waals surface area contributed by atoms with Gasteiger partial charge in [0.1, 0.15) is 0 Å². The Morgan fingerprint density at radius 3 is 2.68 bits per heavy atom. The lowest BCUT2D eigenvalue weighted by atomic mass is 9.85. The highest BCUT2D eigenvalue weighted by molar-refractivity contribution is 7.84. The molecular formula is C20H24N2O2S. The number of anilines is 1. The van der Waals surface area contributed by atoms with Gasteiger partial charge in [-0.3, -0.25) is 9.00 Å². The summed E-state index contributed by atoms with van der Waals surface area (Å²) in [5.74, 6) is 0.463. The zero-order valence-electron chi connectivity index (χ0n) is 14.2. The summed E-state index contributed by atoms with van der Waals surface area (Å²) in [6.45, 7) is 0. The molecule has 1 saturated carbocycles. The Labute approximate surface area is 151 Å². The maximum atomic E-state index is 12.4. The Morgan fingerprint density at radius 2 is 1.92 bits per heavy atom. The molecule has 0 heterocycles. The van der Waals surface area contributed by atoms with Gasteiger partial charge >= 0.3 is 0 Å². The van der Waals surface area contributed by atoms with Crippen LogP contribution in [0.25, 0.3) is 0 Å². The molecule has 3 rings (SSSR count). The van der Waals surface area contributed by atoms with Gasteiger partial charge in [-0.05, 0) is 49.1 Å². The fourth-order valence-corrected chi connectivity index (χ4v) is 4.37. The first kappa shape index (κ1) is 17.8. The van der Waals surface area contributed by atoms with E-state index in [1.807, 2.05) is 54.6 Å². The van der Waals surface area contributed by atoms with E-state index in [-0.39, 0.29) is 17.9 Å². The van der Waals surface area contributed by atoms with Crippen molar-refractivity contribution in [1.29, 1.82) is 0 Å². The Kier molecular flexibility index (Phi) is 6.00. The number of hydrogen-bond donors (Lipinski definition) is 2. The van der Waals surface area contributed by atoms with E-state index in [1.54, 1.807) is 0 Å². The van der Waals surface area contributed by atoms with Gasteiger partial charge in [0.25, 0.3) is 0 Å². The number of nitrogens with one attached hydrogen (secondary N) is 1. The number of carbonyl (C=O) groups excluding carboxylic acids is 1. The lowest BCUT2D eigenvalue weighted by molar-refractivity contribution is -0.120. The van der Waals surface area contributed by atoms with Crippen molar-refractivity contribution in [1.82, 2.24) is 0 Å². The fraction of sp³-hybridized carbons (Fsp3) is 0.350. The largest absolute Gasteiger partial charge is 0.328 e. The SMILES string of the molecule is NC1CCCC(C(=O)Nc2cccc(CS(=O)c3ccccc3)c2)C1. The summed E-state index contributed by atoms with van der Waals surface area (Å²) in [5.41, 5.74) is 7.68. The monoisotopic (exact) mass is 356 g/mol. The lowest BCUT2D eigenvalue weighted by Gasteiger charge is -2.25. The molecule has 1 aliphatic rings. The zero-order valence-corrected chi connectivity index (χ0v) is 15.0. The number of nitrogens with two attached hydrogens (primary N) is 1. The van der Waals surface area contributed by atoms with Crippen LogP contribution in [0.15, 0.2) is 59.5 Å². The second-order valence-corrected chi connectivity index (χ2v) is 8.07. The molecule has 0 spiro atoms. The average Bonchev–Trinajstić information content (AvgIpc) is 2.63. The Bertz CT molecular complexity index is 748. The number of carbonyl (C=O) groups is 1. The maximum Gasteiger partial charge on any atom is 0.227 e. The molecule has 1 fully saturated rings. The molecule has 5 heteroatoms. The molecule has 4 nitrogen and oxygen atoms in total. The molecule has 0 bridgehead atoms. The lowest BCUT2D eigenvalue weighted by Crippen LogP contribution is -2.34. The van der Waals surface area contributed by atoms with Gasteiger partial charge < -0.3 is 11.1 Å². The van der Waals surface area contributed by atoms with Crippen molar-refractivity contribution in [3.8, 4) is 0 Å². The number of amides is 1.